The first-order chi connectivity index (χ1) is 11.8. The molecule has 1 fully saturated rings. The van der Waals surface area contributed by atoms with Gasteiger partial charge in [0.25, 0.3) is 0 Å². The number of benzene rings is 1. The van der Waals surface area contributed by atoms with Crippen molar-refractivity contribution in [2.75, 3.05) is 36.8 Å². The molecule has 0 aliphatic carbocycles. The SMILES string of the molecule is CCCCc1nc2c(N)nc3ccc(N4CCNCC4)cc3c2[nH]1.Cl. The second kappa shape index (κ2) is 7.45. The summed E-state index contributed by atoms with van der Waals surface area (Å²) in [5, 5.41) is 4.50. The van der Waals surface area contributed by atoms with E-state index in [4.69, 9.17) is 5.73 Å². The zero-order chi connectivity index (χ0) is 16.5. The molecule has 3 aromatic rings. The van der Waals surface area contributed by atoms with Crippen LogP contribution in [0.4, 0.5) is 11.5 Å². The topological polar surface area (TPSA) is 82.9 Å². The van der Waals surface area contributed by atoms with Crippen molar-refractivity contribution >= 4 is 45.8 Å². The predicted octanol–water partition coefficient (Wildman–Crippen LogP) is 2.87. The third-order valence-electron chi connectivity index (χ3n) is 4.74. The van der Waals surface area contributed by atoms with Crippen LogP contribution in [0.5, 0.6) is 0 Å². The van der Waals surface area contributed by atoms with E-state index in [1.807, 2.05) is 0 Å². The molecular weight excluding hydrogens is 336 g/mol. The highest BCUT2D eigenvalue weighted by molar-refractivity contribution is 6.07. The van der Waals surface area contributed by atoms with Crippen molar-refractivity contribution in [3.05, 3.63) is 24.0 Å². The van der Waals surface area contributed by atoms with E-state index >= 15 is 0 Å². The number of rotatable bonds is 4. The van der Waals surface area contributed by atoms with Crippen LogP contribution in [0.25, 0.3) is 21.9 Å². The number of fused-ring (bicyclic) bond motifs is 3. The number of nitrogens with zero attached hydrogens (tertiary/aromatic N) is 3. The van der Waals surface area contributed by atoms with Gasteiger partial charge in [-0.1, -0.05) is 13.3 Å². The van der Waals surface area contributed by atoms with Gasteiger partial charge in [-0.05, 0) is 24.6 Å². The van der Waals surface area contributed by atoms with Gasteiger partial charge in [-0.2, -0.15) is 0 Å². The van der Waals surface area contributed by atoms with E-state index in [0.717, 1.165) is 73.2 Å². The summed E-state index contributed by atoms with van der Waals surface area (Å²) in [6.07, 6.45) is 3.22. The monoisotopic (exact) mass is 360 g/mol. The Bertz CT molecular complexity index is 869. The lowest BCUT2D eigenvalue weighted by Gasteiger charge is -2.29. The minimum Gasteiger partial charge on any atom is -0.382 e. The molecule has 1 aliphatic heterocycles. The summed E-state index contributed by atoms with van der Waals surface area (Å²) in [5.41, 5.74) is 10.1. The number of hydrogen-bond acceptors (Lipinski definition) is 5. The molecule has 0 bridgehead atoms. The molecule has 2 aromatic heterocycles. The Morgan fingerprint density at radius 1 is 1.20 bits per heavy atom. The number of halogens is 1. The van der Waals surface area contributed by atoms with Gasteiger partial charge in [-0.25, -0.2) is 9.97 Å². The number of imidazole rings is 1. The standard InChI is InChI=1S/C18H24N6.ClH/c1-2-3-4-15-22-16-13-11-12(24-9-7-20-8-10-24)5-6-14(13)21-18(19)17(16)23-15;/h5-6,11,20H,2-4,7-10H2,1H3,(H2,19,21)(H,22,23);1H. The number of nitrogen functional groups attached to an aromatic ring is 1. The second-order valence-electron chi connectivity index (χ2n) is 6.45. The number of H-pyrrole nitrogens is 1. The van der Waals surface area contributed by atoms with Gasteiger partial charge in [-0.3, -0.25) is 0 Å². The molecule has 25 heavy (non-hydrogen) atoms. The van der Waals surface area contributed by atoms with Gasteiger partial charge >= 0.3 is 0 Å². The van der Waals surface area contributed by atoms with Crippen LogP contribution in [0, 0.1) is 0 Å². The summed E-state index contributed by atoms with van der Waals surface area (Å²) in [4.78, 5) is 15.1. The van der Waals surface area contributed by atoms with E-state index in [2.05, 4.69) is 50.3 Å². The van der Waals surface area contributed by atoms with Gasteiger partial charge in [-0.15, -0.1) is 12.4 Å². The number of hydrogen-bond donors (Lipinski definition) is 3. The molecule has 6 nitrogen and oxygen atoms in total. The van der Waals surface area contributed by atoms with E-state index in [9.17, 15) is 0 Å². The molecule has 1 aliphatic rings. The highest BCUT2D eigenvalue weighted by atomic mass is 35.5. The largest absolute Gasteiger partial charge is 0.382 e. The summed E-state index contributed by atoms with van der Waals surface area (Å²) >= 11 is 0. The third-order valence-corrected chi connectivity index (χ3v) is 4.74. The zero-order valence-corrected chi connectivity index (χ0v) is 15.3. The van der Waals surface area contributed by atoms with Gasteiger partial charge in [0, 0.05) is 43.7 Å². The number of aromatic nitrogens is 3. The third kappa shape index (κ3) is 3.37. The molecule has 134 valence electrons. The lowest BCUT2D eigenvalue weighted by molar-refractivity contribution is 0.589. The maximum absolute atomic E-state index is 6.13. The lowest BCUT2D eigenvalue weighted by Crippen LogP contribution is -2.43. The number of anilines is 2. The molecular formula is C18H25ClN6. The summed E-state index contributed by atoms with van der Waals surface area (Å²) in [5.74, 6) is 1.51. The van der Waals surface area contributed by atoms with Crippen LogP contribution in [0.15, 0.2) is 18.2 Å². The highest BCUT2D eigenvalue weighted by Crippen LogP contribution is 2.30. The first-order valence-corrected chi connectivity index (χ1v) is 8.79. The van der Waals surface area contributed by atoms with Crippen LogP contribution < -0.4 is 16.0 Å². The minimum absolute atomic E-state index is 0. The zero-order valence-electron chi connectivity index (χ0n) is 14.5. The number of pyridine rings is 1. The molecule has 0 amide bonds. The Morgan fingerprint density at radius 2 is 2.00 bits per heavy atom. The molecule has 4 rings (SSSR count). The van der Waals surface area contributed by atoms with E-state index in [1.54, 1.807) is 0 Å². The predicted molar refractivity (Wildman–Crippen MR) is 107 cm³/mol. The molecule has 3 heterocycles. The number of nitrogens with two attached hydrogens (primary N) is 1. The average Bonchev–Trinajstić information content (AvgIpc) is 3.06. The Kier molecular flexibility index (Phi) is 5.30. The first kappa shape index (κ1) is 17.8. The van der Waals surface area contributed by atoms with E-state index in [0.29, 0.717) is 5.82 Å². The fourth-order valence-corrected chi connectivity index (χ4v) is 3.39. The van der Waals surface area contributed by atoms with Crippen molar-refractivity contribution in [1.29, 1.82) is 0 Å². The van der Waals surface area contributed by atoms with E-state index in [1.165, 1.54) is 5.69 Å². The molecule has 1 aromatic carbocycles. The first-order valence-electron chi connectivity index (χ1n) is 8.79. The van der Waals surface area contributed by atoms with E-state index in [-0.39, 0.29) is 12.4 Å². The number of unbranched alkanes of at least 4 members (excludes halogenated alkanes) is 1. The van der Waals surface area contributed by atoms with Crippen molar-refractivity contribution in [1.82, 2.24) is 20.3 Å². The van der Waals surface area contributed by atoms with Crippen molar-refractivity contribution in [2.24, 2.45) is 0 Å². The molecule has 0 unspecified atom stereocenters. The van der Waals surface area contributed by atoms with Gasteiger partial charge in [0.05, 0.1) is 11.0 Å². The average molecular weight is 361 g/mol. The maximum Gasteiger partial charge on any atom is 0.152 e. The van der Waals surface area contributed by atoms with Crippen LogP contribution in [-0.2, 0) is 6.42 Å². The number of aromatic amines is 1. The smallest absolute Gasteiger partial charge is 0.152 e. The molecule has 1 saturated heterocycles. The van der Waals surface area contributed by atoms with Gasteiger partial charge in [0.1, 0.15) is 11.3 Å². The number of piperazine rings is 1. The fraction of sp³-hybridized carbons (Fsp3) is 0.444. The molecule has 0 saturated carbocycles. The fourth-order valence-electron chi connectivity index (χ4n) is 3.39. The molecule has 0 spiro atoms. The number of aryl methyl sites for hydroxylation is 1. The van der Waals surface area contributed by atoms with Crippen molar-refractivity contribution in [3.8, 4) is 0 Å². The Hall–Kier alpha value is -2.05. The van der Waals surface area contributed by atoms with Gasteiger partial charge < -0.3 is 20.9 Å². The van der Waals surface area contributed by atoms with Crippen LogP contribution in [-0.4, -0.2) is 41.1 Å². The van der Waals surface area contributed by atoms with Crippen LogP contribution >= 0.6 is 12.4 Å². The highest BCUT2D eigenvalue weighted by Gasteiger charge is 2.15. The van der Waals surface area contributed by atoms with Gasteiger partial charge in [0.15, 0.2) is 5.82 Å². The molecule has 4 N–H and O–H groups in total. The number of nitrogens with one attached hydrogen (secondary N) is 2. The Labute approximate surface area is 153 Å². The molecule has 7 heteroatoms. The van der Waals surface area contributed by atoms with E-state index < -0.39 is 0 Å². The normalized spacial score (nSPS) is 14.8. The quantitative estimate of drug-likeness (QED) is 0.666. The lowest BCUT2D eigenvalue weighted by atomic mass is 10.1. The van der Waals surface area contributed by atoms with Crippen LogP contribution in [0.3, 0.4) is 0 Å². The summed E-state index contributed by atoms with van der Waals surface area (Å²) in [6, 6.07) is 6.42. The summed E-state index contributed by atoms with van der Waals surface area (Å²) < 4.78 is 0. The van der Waals surface area contributed by atoms with Gasteiger partial charge in [0.2, 0.25) is 0 Å². The summed E-state index contributed by atoms with van der Waals surface area (Å²) in [7, 11) is 0. The summed E-state index contributed by atoms with van der Waals surface area (Å²) in [6.45, 7) is 6.30. The maximum atomic E-state index is 6.13. The molecule has 0 radical (unpaired) electrons. The van der Waals surface area contributed by atoms with Crippen LogP contribution in [0.1, 0.15) is 25.6 Å². The van der Waals surface area contributed by atoms with Crippen LogP contribution in [0.2, 0.25) is 0 Å². The van der Waals surface area contributed by atoms with Crippen molar-refractivity contribution in [3.63, 3.8) is 0 Å². The Morgan fingerprint density at radius 3 is 2.76 bits per heavy atom. The van der Waals surface area contributed by atoms with Crippen molar-refractivity contribution < 1.29 is 0 Å². The second-order valence-corrected chi connectivity index (χ2v) is 6.45. The minimum atomic E-state index is 0. The Balaban J connectivity index is 0.00000182. The molecule has 0 atom stereocenters. The van der Waals surface area contributed by atoms with Crippen molar-refractivity contribution in [2.45, 2.75) is 26.2 Å².